The Bertz CT molecular complexity index is 1360. The van der Waals surface area contributed by atoms with Gasteiger partial charge in [-0.1, -0.05) is 48.5 Å². The van der Waals surface area contributed by atoms with Gasteiger partial charge in [-0.3, -0.25) is 9.59 Å². The molecule has 34 heavy (non-hydrogen) atoms. The number of benzene rings is 4. The molecule has 2 amide bonds. The van der Waals surface area contributed by atoms with E-state index < -0.39 is 0 Å². The molecule has 4 aromatic carbocycles. The van der Waals surface area contributed by atoms with Crippen molar-refractivity contribution in [3.63, 3.8) is 0 Å². The third kappa shape index (κ3) is 4.71. The summed E-state index contributed by atoms with van der Waals surface area (Å²) in [6.45, 7) is 0.568. The molecule has 6 heteroatoms. The Kier molecular flexibility index (Phi) is 5.86. The first-order valence-corrected chi connectivity index (χ1v) is 10.9. The fourth-order valence-corrected chi connectivity index (χ4v) is 3.71. The second kappa shape index (κ2) is 9.42. The predicted molar refractivity (Wildman–Crippen MR) is 136 cm³/mol. The molecule has 1 heterocycles. The summed E-state index contributed by atoms with van der Waals surface area (Å²) in [5, 5.41) is 9.18. The zero-order chi connectivity index (χ0) is 23.3. The van der Waals surface area contributed by atoms with Crippen LogP contribution >= 0.6 is 0 Å². The summed E-state index contributed by atoms with van der Waals surface area (Å²) in [7, 11) is 0. The van der Waals surface area contributed by atoms with Crippen molar-refractivity contribution in [3.8, 4) is 0 Å². The van der Waals surface area contributed by atoms with Crippen molar-refractivity contribution < 1.29 is 9.59 Å². The summed E-state index contributed by atoms with van der Waals surface area (Å²) in [6.07, 6.45) is 0. The van der Waals surface area contributed by atoms with Gasteiger partial charge in [0.2, 0.25) is 0 Å². The van der Waals surface area contributed by atoms with E-state index in [4.69, 9.17) is 4.99 Å². The van der Waals surface area contributed by atoms with Crippen LogP contribution < -0.4 is 16.0 Å². The smallest absolute Gasteiger partial charge is 0.255 e. The fraction of sp³-hybridized carbons (Fsp3) is 0.0357. The Balaban J connectivity index is 1.32. The van der Waals surface area contributed by atoms with E-state index in [2.05, 4.69) is 16.0 Å². The van der Waals surface area contributed by atoms with Gasteiger partial charge in [0.15, 0.2) is 0 Å². The largest absolute Gasteiger partial charge is 0.378 e. The minimum Gasteiger partial charge on any atom is -0.378 e. The molecule has 0 unspecified atom stereocenters. The van der Waals surface area contributed by atoms with Crippen molar-refractivity contribution in [2.45, 2.75) is 0 Å². The topological polar surface area (TPSA) is 82.6 Å². The van der Waals surface area contributed by atoms with Crippen molar-refractivity contribution in [2.75, 3.05) is 22.5 Å². The zero-order valence-electron chi connectivity index (χ0n) is 18.3. The summed E-state index contributed by atoms with van der Waals surface area (Å²) < 4.78 is 0. The number of hydrogen-bond acceptors (Lipinski definition) is 4. The van der Waals surface area contributed by atoms with E-state index in [1.165, 1.54) is 0 Å². The highest BCUT2D eigenvalue weighted by Gasteiger charge is 2.15. The highest BCUT2D eigenvalue weighted by atomic mass is 16.2. The van der Waals surface area contributed by atoms with Crippen molar-refractivity contribution in [1.82, 2.24) is 0 Å². The Morgan fingerprint density at radius 3 is 2.00 bits per heavy atom. The van der Waals surface area contributed by atoms with Crippen LogP contribution in [-0.4, -0.2) is 24.1 Å². The summed E-state index contributed by atoms with van der Waals surface area (Å²) in [5.41, 5.74) is 6.03. The molecule has 0 saturated carbocycles. The molecule has 5 rings (SSSR count). The van der Waals surface area contributed by atoms with Crippen molar-refractivity contribution in [2.24, 2.45) is 4.99 Å². The molecule has 0 bridgehead atoms. The van der Waals surface area contributed by atoms with Crippen LogP contribution in [-0.2, 0) is 0 Å². The van der Waals surface area contributed by atoms with Crippen LogP contribution in [0.2, 0.25) is 0 Å². The number of carbonyl (C=O) groups excluding carboxylic acids is 2. The predicted octanol–water partition coefficient (Wildman–Crippen LogP) is 5.74. The molecule has 0 spiro atoms. The molecule has 0 radical (unpaired) electrons. The molecule has 1 aliphatic rings. The van der Waals surface area contributed by atoms with Crippen LogP contribution in [0.25, 0.3) is 0 Å². The number of para-hydroxylation sites is 1. The van der Waals surface area contributed by atoms with Crippen LogP contribution in [0.1, 0.15) is 26.3 Å². The van der Waals surface area contributed by atoms with Crippen LogP contribution in [0.4, 0.5) is 22.7 Å². The van der Waals surface area contributed by atoms with Gasteiger partial charge in [-0.2, -0.15) is 0 Å². The standard InChI is InChI=1S/C28H22N4O2/c33-27(20-7-3-1-4-8-20)31-23-15-16-24-25(17-23)32-26(18-29-24)19-11-13-21(14-12-19)28(34)30-22-9-5-2-6-10-22/h1-17,29H,18H2,(H,30,34)(H,31,33). The maximum Gasteiger partial charge on any atom is 0.255 e. The third-order valence-corrected chi connectivity index (χ3v) is 5.51. The summed E-state index contributed by atoms with van der Waals surface area (Å²) in [6, 6.07) is 31.4. The zero-order valence-corrected chi connectivity index (χ0v) is 18.3. The number of nitrogens with zero attached hydrogens (tertiary/aromatic N) is 1. The first-order valence-electron chi connectivity index (χ1n) is 10.9. The molecule has 0 fully saturated rings. The lowest BCUT2D eigenvalue weighted by molar-refractivity contribution is 0.101. The molecule has 4 aromatic rings. The van der Waals surface area contributed by atoms with E-state index in [0.29, 0.717) is 23.4 Å². The number of nitrogens with one attached hydrogen (secondary N) is 3. The quantitative estimate of drug-likeness (QED) is 0.366. The maximum absolute atomic E-state index is 12.5. The molecule has 3 N–H and O–H groups in total. The Morgan fingerprint density at radius 1 is 0.676 bits per heavy atom. The Hall–Kier alpha value is -4.71. The van der Waals surface area contributed by atoms with Crippen molar-refractivity contribution in [3.05, 3.63) is 120 Å². The van der Waals surface area contributed by atoms with E-state index in [1.54, 1.807) is 24.3 Å². The van der Waals surface area contributed by atoms with Gasteiger partial charge in [0.1, 0.15) is 0 Å². The monoisotopic (exact) mass is 446 g/mol. The van der Waals surface area contributed by atoms with Gasteiger partial charge < -0.3 is 16.0 Å². The molecule has 166 valence electrons. The number of anilines is 3. The second-order valence-corrected chi connectivity index (χ2v) is 7.86. The highest BCUT2D eigenvalue weighted by Crippen LogP contribution is 2.32. The molecular formula is C28H22N4O2. The first kappa shape index (κ1) is 21.2. The van der Waals surface area contributed by atoms with Gasteiger partial charge in [-0.25, -0.2) is 4.99 Å². The van der Waals surface area contributed by atoms with E-state index in [9.17, 15) is 9.59 Å². The summed E-state index contributed by atoms with van der Waals surface area (Å²) in [5.74, 6) is -0.330. The van der Waals surface area contributed by atoms with Crippen LogP contribution in [0, 0.1) is 0 Å². The molecule has 6 nitrogen and oxygen atoms in total. The summed E-state index contributed by atoms with van der Waals surface area (Å²) in [4.78, 5) is 29.8. The Labute approximate surface area is 197 Å². The average Bonchev–Trinajstić information content (AvgIpc) is 2.89. The number of aliphatic imine (C=N–C) groups is 1. The van der Waals surface area contributed by atoms with E-state index in [0.717, 1.165) is 28.3 Å². The van der Waals surface area contributed by atoms with Gasteiger partial charge in [0.25, 0.3) is 11.8 Å². The normalized spacial score (nSPS) is 12.1. The number of amides is 2. The SMILES string of the molecule is O=C(Nc1ccccc1)c1ccc(C2=Nc3cc(NC(=O)c4ccccc4)ccc3NC2)cc1. The highest BCUT2D eigenvalue weighted by molar-refractivity contribution is 6.09. The molecule has 0 aliphatic carbocycles. The molecule has 0 atom stereocenters. The van der Waals surface area contributed by atoms with Gasteiger partial charge in [0.05, 0.1) is 23.6 Å². The lowest BCUT2D eigenvalue weighted by atomic mass is 10.0. The van der Waals surface area contributed by atoms with E-state index in [-0.39, 0.29) is 11.8 Å². The maximum atomic E-state index is 12.5. The minimum absolute atomic E-state index is 0.161. The van der Waals surface area contributed by atoms with E-state index in [1.807, 2.05) is 78.9 Å². The van der Waals surface area contributed by atoms with Crippen LogP contribution in [0.5, 0.6) is 0 Å². The number of hydrogen-bond donors (Lipinski definition) is 3. The van der Waals surface area contributed by atoms with Crippen LogP contribution in [0.3, 0.4) is 0 Å². The van der Waals surface area contributed by atoms with Gasteiger partial charge in [-0.05, 0) is 60.2 Å². The minimum atomic E-state index is -0.169. The number of carbonyl (C=O) groups is 2. The molecule has 1 aliphatic heterocycles. The lowest BCUT2D eigenvalue weighted by Gasteiger charge is -2.19. The number of fused-ring (bicyclic) bond motifs is 1. The first-order chi connectivity index (χ1) is 16.7. The van der Waals surface area contributed by atoms with Crippen LogP contribution in [0.15, 0.2) is 108 Å². The van der Waals surface area contributed by atoms with Crippen molar-refractivity contribution >= 4 is 40.3 Å². The van der Waals surface area contributed by atoms with Gasteiger partial charge in [-0.15, -0.1) is 0 Å². The Morgan fingerprint density at radius 2 is 1.29 bits per heavy atom. The third-order valence-electron chi connectivity index (χ3n) is 5.51. The fourth-order valence-electron chi connectivity index (χ4n) is 3.71. The number of rotatable bonds is 5. The van der Waals surface area contributed by atoms with Gasteiger partial charge in [0, 0.05) is 22.5 Å². The van der Waals surface area contributed by atoms with E-state index >= 15 is 0 Å². The molecule has 0 aromatic heterocycles. The molecular weight excluding hydrogens is 424 g/mol. The summed E-state index contributed by atoms with van der Waals surface area (Å²) >= 11 is 0. The second-order valence-electron chi connectivity index (χ2n) is 7.86. The van der Waals surface area contributed by atoms with Crippen molar-refractivity contribution in [1.29, 1.82) is 0 Å². The average molecular weight is 447 g/mol. The van der Waals surface area contributed by atoms with Gasteiger partial charge >= 0.3 is 0 Å². The lowest BCUT2D eigenvalue weighted by Crippen LogP contribution is -2.19. The molecule has 0 saturated heterocycles.